The molecule has 0 atom stereocenters. The van der Waals surface area contributed by atoms with Crippen molar-refractivity contribution in [3.63, 3.8) is 0 Å². The maximum Gasteiger partial charge on any atom is 0.416 e. The average molecular weight is 337 g/mol. The van der Waals surface area contributed by atoms with Gasteiger partial charge in [-0.15, -0.1) is 18.3 Å². The molecule has 0 unspecified atom stereocenters. The quantitative estimate of drug-likeness (QED) is 0.597. The first kappa shape index (κ1) is 17.1. The molecule has 2 nitrogen and oxygen atoms in total. The van der Waals surface area contributed by atoms with E-state index in [0.29, 0.717) is 17.0 Å². The van der Waals surface area contributed by atoms with Crippen molar-refractivity contribution < 1.29 is 18.0 Å². The van der Waals surface area contributed by atoms with E-state index in [1.54, 1.807) is 18.2 Å². The van der Waals surface area contributed by atoms with Crippen LogP contribution >= 0.6 is 11.8 Å². The van der Waals surface area contributed by atoms with E-state index in [1.165, 1.54) is 23.9 Å². The van der Waals surface area contributed by atoms with Crippen molar-refractivity contribution in [3.05, 3.63) is 72.3 Å². The molecule has 0 radical (unpaired) electrons. The lowest BCUT2D eigenvalue weighted by Crippen LogP contribution is -2.13. The van der Waals surface area contributed by atoms with E-state index >= 15 is 0 Å². The number of thioether (sulfide) groups is 1. The van der Waals surface area contributed by atoms with Gasteiger partial charge in [-0.05, 0) is 36.4 Å². The van der Waals surface area contributed by atoms with Crippen LogP contribution in [0.5, 0.6) is 0 Å². The summed E-state index contributed by atoms with van der Waals surface area (Å²) in [6, 6.07) is 11.4. The van der Waals surface area contributed by atoms with Gasteiger partial charge in [0.2, 0.25) is 0 Å². The van der Waals surface area contributed by atoms with Gasteiger partial charge in [0, 0.05) is 16.3 Å². The SMILES string of the molecule is C=CCSc1ccccc1C(=O)Nc1ccc(C(F)(F)F)cc1. The van der Waals surface area contributed by atoms with Crippen molar-refractivity contribution in [2.75, 3.05) is 11.1 Å². The van der Waals surface area contributed by atoms with Gasteiger partial charge < -0.3 is 5.32 Å². The summed E-state index contributed by atoms with van der Waals surface area (Å²) in [5.74, 6) is 0.293. The van der Waals surface area contributed by atoms with E-state index in [-0.39, 0.29) is 5.91 Å². The van der Waals surface area contributed by atoms with Crippen LogP contribution in [0.4, 0.5) is 18.9 Å². The third-order valence-electron chi connectivity index (χ3n) is 2.96. The summed E-state index contributed by atoms with van der Waals surface area (Å²) in [6.45, 7) is 3.63. The summed E-state index contributed by atoms with van der Waals surface area (Å²) in [6.07, 6.45) is -2.66. The first-order valence-electron chi connectivity index (χ1n) is 6.73. The van der Waals surface area contributed by atoms with Crippen LogP contribution in [-0.4, -0.2) is 11.7 Å². The molecule has 6 heteroatoms. The maximum absolute atomic E-state index is 12.5. The molecule has 2 aromatic rings. The van der Waals surface area contributed by atoms with Crippen LogP contribution in [0.1, 0.15) is 15.9 Å². The smallest absolute Gasteiger partial charge is 0.322 e. The lowest BCUT2D eigenvalue weighted by atomic mass is 10.1. The molecule has 120 valence electrons. The number of hydrogen-bond donors (Lipinski definition) is 1. The summed E-state index contributed by atoms with van der Waals surface area (Å²) in [4.78, 5) is 13.1. The maximum atomic E-state index is 12.5. The molecule has 2 aromatic carbocycles. The van der Waals surface area contributed by atoms with Crippen molar-refractivity contribution in [2.24, 2.45) is 0 Å². The Kier molecular flexibility index (Phi) is 5.50. The molecule has 1 amide bonds. The fourth-order valence-electron chi connectivity index (χ4n) is 1.87. The minimum absolute atomic E-state index is 0.312. The largest absolute Gasteiger partial charge is 0.416 e. The van der Waals surface area contributed by atoms with Gasteiger partial charge in [-0.3, -0.25) is 4.79 Å². The second-order valence-corrected chi connectivity index (χ2v) is 5.69. The molecular weight excluding hydrogens is 323 g/mol. The minimum atomic E-state index is -4.39. The van der Waals surface area contributed by atoms with Gasteiger partial charge in [0.05, 0.1) is 11.1 Å². The lowest BCUT2D eigenvalue weighted by Gasteiger charge is -2.11. The topological polar surface area (TPSA) is 29.1 Å². The molecule has 0 aliphatic carbocycles. The van der Waals surface area contributed by atoms with Crippen molar-refractivity contribution in [1.29, 1.82) is 0 Å². The zero-order chi connectivity index (χ0) is 16.9. The summed E-state index contributed by atoms with van der Waals surface area (Å²) in [5.41, 5.74) is 0.0307. The van der Waals surface area contributed by atoms with Gasteiger partial charge in [-0.2, -0.15) is 13.2 Å². The highest BCUT2D eigenvalue weighted by Gasteiger charge is 2.30. The molecule has 0 aliphatic heterocycles. The van der Waals surface area contributed by atoms with Gasteiger partial charge in [0.1, 0.15) is 0 Å². The summed E-state index contributed by atoms with van der Waals surface area (Å²) < 4.78 is 37.6. The Morgan fingerprint density at radius 1 is 1.13 bits per heavy atom. The number of amides is 1. The first-order chi connectivity index (χ1) is 10.9. The third-order valence-corrected chi connectivity index (χ3v) is 4.03. The molecule has 0 aliphatic rings. The van der Waals surface area contributed by atoms with E-state index in [9.17, 15) is 18.0 Å². The highest BCUT2D eigenvalue weighted by Crippen LogP contribution is 2.30. The summed E-state index contributed by atoms with van der Waals surface area (Å²) >= 11 is 1.46. The molecule has 0 saturated heterocycles. The van der Waals surface area contributed by atoms with Crippen LogP contribution in [0.2, 0.25) is 0 Å². The number of anilines is 1. The van der Waals surface area contributed by atoms with E-state index in [4.69, 9.17) is 0 Å². The number of benzene rings is 2. The van der Waals surface area contributed by atoms with Gasteiger partial charge in [0.25, 0.3) is 5.91 Å². The average Bonchev–Trinajstić information content (AvgIpc) is 2.53. The molecule has 0 fully saturated rings. The monoisotopic (exact) mass is 337 g/mol. The van der Waals surface area contributed by atoms with E-state index in [2.05, 4.69) is 11.9 Å². The van der Waals surface area contributed by atoms with Gasteiger partial charge in [-0.1, -0.05) is 18.2 Å². The van der Waals surface area contributed by atoms with E-state index in [1.807, 2.05) is 12.1 Å². The van der Waals surface area contributed by atoms with Gasteiger partial charge in [0.15, 0.2) is 0 Å². The second kappa shape index (κ2) is 7.37. The van der Waals surface area contributed by atoms with Gasteiger partial charge >= 0.3 is 6.18 Å². The van der Waals surface area contributed by atoms with Crippen LogP contribution in [0.25, 0.3) is 0 Å². The Balaban J connectivity index is 2.14. The number of halogens is 3. The third kappa shape index (κ3) is 4.63. The number of alkyl halides is 3. The van der Waals surface area contributed by atoms with Crippen LogP contribution in [-0.2, 0) is 6.18 Å². The Morgan fingerprint density at radius 2 is 1.78 bits per heavy atom. The van der Waals surface area contributed by atoms with Crippen LogP contribution in [0.15, 0.2) is 66.1 Å². The Hall–Kier alpha value is -2.21. The van der Waals surface area contributed by atoms with Crippen LogP contribution < -0.4 is 5.32 Å². The number of nitrogens with one attached hydrogen (secondary N) is 1. The Labute approximate surface area is 136 Å². The highest BCUT2D eigenvalue weighted by atomic mass is 32.2. The predicted molar refractivity (Wildman–Crippen MR) is 86.8 cm³/mol. The number of rotatable bonds is 5. The molecule has 0 bridgehead atoms. The van der Waals surface area contributed by atoms with E-state index in [0.717, 1.165) is 17.0 Å². The van der Waals surface area contributed by atoms with Crippen molar-refractivity contribution in [2.45, 2.75) is 11.1 Å². The highest BCUT2D eigenvalue weighted by molar-refractivity contribution is 7.99. The first-order valence-corrected chi connectivity index (χ1v) is 7.71. The predicted octanol–water partition coefficient (Wildman–Crippen LogP) is 5.24. The van der Waals surface area contributed by atoms with Crippen molar-refractivity contribution >= 4 is 23.4 Å². The van der Waals surface area contributed by atoms with Crippen LogP contribution in [0.3, 0.4) is 0 Å². The molecule has 0 saturated carbocycles. The lowest BCUT2D eigenvalue weighted by molar-refractivity contribution is -0.137. The van der Waals surface area contributed by atoms with Crippen LogP contribution in [0, 0.1) is 0 Å². The Morgan fingerprint density at radius 3 is 2.39 bits per heavy atom. The molecule has 0 spiro atoms. The second-order valence-electron chi connectivity index (χ2n) is 4.63. The Bertz CT molecular complexity index is 696. The summed E-state index contributed by atoms with van der Waals surface area (Å²) in [5, 5.41) is 2.61. The molecule has 2 rings (SSSR count). The zero-order valence-electron chi connectivity index (χ0n) is 12.1. The standard InChI is InChI=1S/C17H14F3NOS/c1-2-11-23-15-6-4-3-5-14(15)16(22)21-13-9-7-12(8-10-13)17(18,19)20/h2-10H,1,11H2,(H,21,22). The fraction of sp³-hybridized carbons (Fsp3) is 0.118. The molecule has 0 aromatic heterocycles. The number of carbonyl (C=O) groups excluding carboxylic acids is 1. The number of hydrogen-bond acceptors (Lipinski definition) is 2. The fourth-order valence-corrected chi connectivity index (χ4v) is 2.66. The number of carbonyl (C=O) groups is 1. The van der Waals surface area contributed by atoms with Crippen molar-refractivity contribution in [3.8, 4) is 0 Å². The summed E-state index contributed by atoms with van der Waals surface area (Å²) in [7, 11) is 0. The molecular formula is C17H14F3NOS. The minimum Gasteiger partial charge on any atom is -0.322 e. The normalized spacial score (nSPS) is 11.1. The zero-order valence-corrected chi connectivity index (χ0v) is 12.9. The van der Waals surface area contributed by atoms with E-state index < -0.39 is 11.7 Å². The molecule has 0 heterocycles. The molecule has 23 heavy (non-hydrogen) atoms. The van der Waals surface area contributed by atoms with Crippen molar-refractivity contribution in [1.82, 2.24) is 0 Å². The van der Waals surface area contributed by atoms with Gasteiger partial charge in [-0.25, -0.2) is 0 Å². The molecule has 1 N–H and O–H groups in total.